The van der Waals surface area contributed by atoms with E-state index in [2.05, 4.69) is 0 Å². The van der Waals surface area contributed by atoms with Crippen LogP contribution in [0.2, 0.25) is 0 Å². The molecule has 1 heterocycles. The van der Waals surface area contributed by atoms with Gasteiger partial charge in [-0.05, 0) is 44.2 Å². The van der Waals surface area contributed by atoms with Gasteiger partial charge in [-0.25, -0.2) is 0 Å². The summed E-state index contributed by atoms with van der Waals surface area (Å²) in [5.41, 5.74) is 1.24. The number of hydrogen-bond acceptors (Lipinski definition) is 4. The molecule has 2 amide bonds. The predicted molar refractivity (Wildman–Crippen MR) is 107 cm³/mol. The molecule has 148 valence electrons. The summed E-state index contributed by atoms with van der Waals surface area (Å²) in [7, 11) is 0. The van der Waals surface area contributed by atoms with Crippen molar-refractivity contribution in [2.45, 2.75) is 13.8 Å². The van der Waals surface area contributed by atoms with Crippen LogP contribution in [0.4, 0.5) is 0 Å². The quantitative estimate of drug-likeness (QED) is 0.770. The Balaban J connectivity index is 1.65. The maximum Gasteiger partial charge on any atom is 0.254 e. The van der Waals surface area contributed by atoms with Crippen molar-refractivity contribution >= 4 is 11.8 Å². The minimum absolute atomic E-state index is 0.00685. The van der Waals surface area contributed by atoms with Crippen molar-refractivity contribution in [3.05, 3.63) is 59.7 Å². The summed E-state index contributed by atoms with van der Waals surface area (Å²) in [6.07, 6.45) is 0. The maximum absolute atomic E-state index is 12.9. The van der Waals surface area contributed by atoms with Gasteiger partial charge in [0.1, 0.15) is 0 Å². The van der Waals surface area contributed by atoms with Crippen LogP contribution in [-0.4, -0.2) is 61.0 Å². The number of benzene rings is 2. The van der Waals surface area contributed by atoms with Crippen LogP contribution in [0, 0.1) is 0 Å². The Morgan fingerprint density at radius 2 is 1.29 bits per heavy atom. The van der Waals surface area contributed by atoms with E-state index in [0.717, 1.165) is 0 Å². The maximum atomic E-state index is 12.9. The van der Waals surface area contributed by atoms with Crippen LogP contribution in [0.25, 0.3) is 0 Å². The van der Waals surface area contributed by atoms with Crippen molar-refractivity contribution in [1.82, 2.24) is 9.80 Å². The van der Waals surface area contributed by atoms with E-state index < -0.39 is 0 Å². The number of carbonyl (C=O) groups excluding carboxylic acids is 2. The van der Waals surface area contributed by atoms with Crippen molar-refractivity contribution in [2.75, 3.05) is 39.4 Å². The van der Waals surface area contributed by atoms with Crippen molar-refractivity contribution in [1.29, 1.82) is 0 Å². The van der Waals surface area contributed by atoms with E-state index in [9.17, 15) is 9.59 Å². The molecule has 3 rings (SSSR count). The molecule has 1 aliphatic rings. The second kappa shape index (κ2) is 9.26. The molecule has 2 aromatic carbocycles. The van der Waals surface area contributed by atoms with E-state index in [1.54, 1.807) is 28.0 Å². The molecule has 1 fully saturated rings. The second-order valence-electron chi connectivity index (χ2n) is 6.48. The molecular weight excluding hydrogens is 356 g/mol. The van der Waals surface area contributed by atoms with Gasteiger partial charge in [0, 0.05) is 37.3 Å². The fraction of sp³-hybridized carbons (Fsp3) is 0.364. The van der Waals surface area contributed by atoms with Crippen LogP contribution in [0.3, 0.4) is 0 Å². The molecular formula is C22H26N2O4. The minimum Gasteiger partial charge on any atom is -0.490 e. The molecule has 1 aliphatic heterocycles. The average Bonchev–Trinajstić information content (AvgIpc) is 2.75. The molecule has 0 bridgehead atoms. The summed E-state index contributed by atoms with van der Waals surface area (Å²) in [5.74, 6) is 1.16. The normalized spacial score (nSPS) is 13.9. The van der Waals surface area contributed by atoms with Gasteiger partial charge >= 0.3 is 0 Å². The first-order chi connectivity index (χ1) is 13.6. The van der Waals surface area contributed by atoms with Crippen molar-refractivity contribution < 1.29 is 19.1 Å². The van der Waals surface area contributed by atoms with Gasteiger partial charge in [0.2, 0.25) is 0 Å². The zero-order valence-electron chi connectivity index (χ0n) is 16.4. The van der Waals surface area contributed by atoms with E-state index in [-0.39, 0.29) is 11.8 Å². The molecule has 0 unspecified atom stereocenters. The third kappa shape index (κ3) is 4.44. The van der Waals surface area contributed by atoms with Gasteiger partial charge in [0.05, 0.1) is 13.2 Å². The number of nitrogens with zero attached hydrogens (tertiary/aromatic N) is 2. The highest BCUT2D eigenvalue weighted by Gasteiger charge is 2.26. The van der Waals surface area contributed by atoms with Gasteiger partial charge in [-0.3, -0.25) is 9.59 Å². The Morgan fingerprint density at radius 3 is 1.86 bits per heavy atom. The Kier molecular flexibility index (Phi) is 6.53. The zero-order chi connectivity index (χ0) is 19.9. The minimum atomic E-state index is -0.0594. The molecule has 0 spiro atoms. The number of carbonyl (C=O) groups is 2. The smallest absolute Gasteiger partial charge is 0.254 e. The van der Waals surface area contributed by atoms with Gasteiger partial charge in [0.15, 0.2) is 11.5 Å². The summed E-state index contributed by atoms with van der Waals surface area (Å²) < 4.78 is 11.2. The van der Waals surface area contributed by atoms with Gasteiger partial charge < -0.3 is 19.3 Å². The van der Waals surface area contributed by atoms with Gasteiger partial charge in [-0.15, -0.1) is 0 Å². The Hall–Kier alpha value is -3.02. The first kappa shape index (κ1) is 19.7. The second-order valence-corrected chi connectivity index (χ2v) is 6.48. The fourth-order valence-electron chi connectivity index (χ4n) is 3.24. The van der Waals surface area contributed by atoms with E-state index in [1.165, 1.54) is 0 Å². The van der Waals surface area contributed by atoms with Crippen LogP contribution in [0.1, 0.15) is 34.6 Å². The number of rotatable bonds is 6. The number of amides is 2. The monoisotopic (exact) mass is 382 g/mol. The van der Waals surface area contributed by atoms with Gasteiger partial charge in [-0.1, -0.05) is 18.2 Å². The lowest BCUT2D eigenvalue weighted by molar-refractivity contribution is 0.0535. The van der Waals surface area contributed by atoms with Crippen LogP contribution in [0.5, 0.6) is 11.5 Å². The summed E-state index contributed by atoms with van der Waals surface area (Å²) in [6, 6.07) is 14.5. The first-order valence-electron chi connectivity index (χ1n) is 9.67. The number of hydrogen-bond donors (Lipinski definition) is 0. The molecule has 0 saturated carbocycles. The highest BCUT2D eigenvalue weighted by Crippen LogP contribution is 2.29. The molecule has 1 saturated heterocycles. The molecule has 0 aromatic heterocycles. The molecule has 0 N–H and O–H groups in total. The fourth-order valence-corrected chi connectivity index (χ4v) is 3.24. The Bertz CT molecular complexity index is 815. The van der Waals surface area contributed by atoms with E-state index in [4.69, 9.17) is 9.47 Å². The van der Waals surface area contributed by atoms with E-state index in [0.29, 0.717) is 62.0 Å². The van der Waals surface area contributed by atoms with Crippen LogP contribution < -0.4 is 9.47 Å². The third-order valence-electron chi connectivity index (χ3n) is 4.67. The van der Waals surface area contributed by atoms with Gasteiger partial charge in [0.25, 0.3) is 11.8 Å². The standard InChI is InChI=1S/C22H26N2O4/c1-3-27-19-11-10-18(16-20(19)28-4-2)22(26)24-14-12-23(13-15-24)21(25)17-8-6-5-7-9-17/h5-11,16H,3-4,12-15H2,1-2H3. The SMILES string of the molecule is CCOc1ccc(C(=O)N2CCN(C(=O)c3ccccc3)CC2)cc1OCC. The third-order valence-corrected chi connectivity index (χ3v) is 4.67. The number of piperazine rings is 1. The highest BCUT2D eigenvalue weighted by molar-refractivity contribution is 5.96. The predicted octanol–water partition coefficient (Wildman–Crippen LogP) is 3.08. The number of ether oxygens (including phenoxy) is 2. The topological polar surface area (TPSA) is 59.1 Å². The lowest BCUT2D eigenvalue weighted by Gasteiger charge is -2.35. The lowest BCUT2D eigenvalue weighted by atomic mass is 10.1. The van der Waals surface area contributed by atoms with E-state index in [1.807, 2.05) is 44.2 Å². The van der Waals surface area contributed by atoms with Gasteiger partial charge in [-0.2, -0.15) is 0 Å². The van der Waals surface area contributed by atoms with Crippen LogP contribution >= 0.6 is 0 Å². The molecule has 6 heteroatoms. The summed E-state index contributed by atoms with van der Waals surface area (Å²) in [6.45, 7) is 6.90. The highest BCUT2D eigenvalue weighted by atomic mass is 16.5. The molecule has 28 heavy (non-hydrogen) atoms. The van der Waals surface area contributed by atoms with E-state index >= 15 is 0 Å². The molecule has 0 radical (unpaired) electrons. The van der Waals surface area contributed by atoms with Crippen LogP contribution in [0.15, 0.2) is 48.5 Å². The molecule has 0 atom stereocenters. The summed E-state index contributed by atoms with van der Waals surface area (Å²) >= 11 is 0. The Morgan fingerprint density at radius 1 is 0.750 bits per heavy atom. The molecule has 6 nitrogen and oxygen atoms in total. The average molecular weight is 382 g/mol. The van der Waals surface area contributed by atoms with Crippen LogP contribution in [-0.2, 0) is 0 Å². The van der Waals surface area contributed by atoms with Crippen molar-refractivity contribution in [3.63, 3.8) is 0 Å². The van der Waals surface area contributed by atoms with Crippen molar-refractivity contribution in [3.8, 4) is 11.5 Å². The van der Waals surface area contributed by atoms with Crippen molar-refractivity contribution in [2.24, 2.45) is 0 Å². The summed E-state index contributed by atoms with van der Waals surface area (Å²) in [4.78, 5) is 29.0. The summed E-state index contributed by atoms with van der Waals surface area (Å²) in [5, 5.41) is 0. The largest absolute Gasteiger partial charge is 0.490 e. The molecule has 0 aliphatic carbocycles. The molecule has 2 aromatic rings. The zero-order valence-corrected chi connectivity index (χ0v) is 16.4. The lowest BCUT2D eigenvalue weighted by Crippen LogP contribution is -2.50. The Labute approximate surface area is 165 Å². The first-order valence-corrected chi connectivity index (χ1v) is 9.67.